The molecule has 0 atom stereocenters. The van der Waals surface area contributed by atoms with Crippen molar-refractivity contribution in [2.24, 2.45) is 0 Å². The van der Waals surface area contributed by atoms with Crippen LogP contribution in [0.1, 0.15) is 15.9 Å². The van der Waals surface area contributed by atoms with Crippen LogP contribution < -0.4 is 14.9 Å². The van der Waals surface area contributed by atoms with Gasteiger partial charge in [-0.1, -0.05) is 48.0 Å². The molecular formula is C37H35ClN6O5S2. The zero-order valence-electron chi connectivity index (χ0n) is 27.4. The van der Waals surface area contributed by atoms with Gasteiger partial charge in [0.15, 0.2) is 0 Å². The second kappa shape index (κ2) is 16.4. The molecular weight excluding hydrogens is 708 g/mol. The number of carbonyl (C=O) groups is 1. The lowest BCUT2D eigenvalue weighted by Gasteiger charge is -2.36. The van der Waals surface area contributed by atoms with E-state index in [2.05, 4.69) is 26.2 Å². The quantitative estimate of drug-likeness (QED) is 0.0564. The Morgan fingerprint density at radius 2 is 1.63 bits per heavy atom. The molecule has 11 nitrogen and oxygen atoms in total. The van der Waals surface area contributed by atoms with Crippen LogP contribution in [0, 0.1) is 10.1 Å². The Morgan fingerprint density at radius 3 is 2.33 bits per heavy atom. The van der Waals surface area contributed by atoms with Crippen molar-refractivity contribution < 1.29 is 18.1 Å². The van der Waals surface area contributed by atoms with Gasteiger partial charge in [0.2, 0.25) is 0 Å². The van der Waals surface area contributed by atoms with E-state index in [0.29, 0.717) is 17.3 Å². The zero-order valence-corrected chi connectivity index (χ0v) is 29.8. The van der Waals surface area contributed by atoms with Gasteiger partial charge in [-0.2, -0.15) is 0 Å². The highest BCUT2D eigenvalue weighted by atomic mass is 35.5. The number of aromatic nitrogens is 1. The molecule has 1 aromatic heterocycles. The second-order valence-electron chi connectivity index (χ2n) is 11.8. The number of carbonyl (C=O) groups excluding carboxylic acids is 1. The van der Waals surface area contributed by atoms with Crippen molar-refractivity contribution in [3.8, 4) is 11.3 Å². The second-order valence-corrected chi connectivity index (χ2v) is 15.1. The minimum atomic E-state index is -4.39. The highest BCUT2D eigenvalue weighted by molar-refractivity contribution is 7.99. The molecule has 0 spiro atoms. The van der Waals surface area contributed by atoms with Gasteiger partial charge in [-0.25, -0.2) is 13.1 Å². The van der Waals surface area contributed by atoms with Gasteiger partial charge < -0.3 is 10.2 Å². The molecule has 0 saturated carbocycles. The lowest BCUT2D eigenvalue weighted by atomic mass is 10.1. The van der Waals surface area contributed by atoms with E-state index in [9.17, 15) is 23.3 Å². The smallest absolute Gasteiger partial charge is 0.293 e. The molecule has 2 N–H and O–H groups in total. The predicted octanol–water partition coefficient (Wildman–Crippen LogP) is 6.96. The molecule has 14 heteroatoms. The van der Waals surface area contributed by atoms with Gasteiger partial charge in [-0.05, 0) is 72.3 Å². The number of benzene rings is 4. The van der Waals surface area contributed by atoms with E-state index in [0.717, 1.165) is 66.2 Å². The fraction of sp³-hybridized carbons (Fsp3) is 0.189. The Labute approximate surface area is 305 Å². The highest BCUT2D eigenvalue weighted by Crippen LogP contribution is 2.29. The van der Waals surface area contributed by atoms with E-state index in [1.54, 1.807) is 42.2 Å². The van der Waals surface area contributed by atoms with E-state index < -0.39 is 26.5 Å². The van der Waals surface area contributed by atoms with E-state index in [1.807, 2.05) is 65.4 Å². The predicted molar refractivity (Wildman–Crippen MR) is 202 cm³/mol. The number of thioether (sulfide) groups is 1. The van der Waals surface area contributed by atoms with Gasteiger partial charge >= 0.3 is 0 Å². The molecule has 4 aromatic carbocycles. The molecule has 5 aromatic rings. The Balaban J connectivity index is 1.03. The lowest BCUT2D eigenvalue weighted by Crippen LogP contribution is -2.46. The van der Waals surface area contributed by atoms with Crippen LogP contribution in [-0.2, 0) is 16.6 Å². The minimum Gasteiger partial charge on any atom is -0.379 e. The number of piperazine rings is 1. The molecule has 1 aliphatic heterocycles. The third-order valence-corrected chi connectivity index (χ3v) is 11.0. The maximum Gasteiger partial charge on any atom is 0.293 e. The summed E-state index contributed by atoms with van der Waals surface area (Å²) in [7, 11) is -4.39. The van der Waals surface area contributed by atoms with Gasteiger partial charge in [0.05, 0.1) is 15.5 Å². The molecule has 262 valence electrons. The van der Waals surface area contributed by atoms with Gasteiger partial charge in [-0.3, -0.25) is 24.8 Å². The van der Waals surface area contributed by atoms with Crippen LogP contribution in [0.5, 0.6) is 0 Å². The summed E-state index contributed by atoms with van der Waals surface area (Å²) in [5, 5.41) is 15.5. The summed E-state index contributed by atoms with van der Waals surface area (Å²) >= 11 is 7.67. The molecule has 1 aliphatic rings. The largest absolute Gasteiger partial charge is 0.379 e. The number of hydrogen-bond acceptors (Lipinski definition) is 10. The molecule has 0 radical (unpaired) electrons. The summed E-state index contributed by atoms with van der Waals surface area (Å²) in [4.78, 5) is 34.0. The molecule has 51 heavy (non-hydrogen) atoms. The first-order valence-corrected chi connectivity index (χ1v) is 19.1. The minimum absolute atomic E-state index is 0.149. The first kappa shape index (κ1) is 35.9. The average Bonchev–Trinajstić information content (AvgIpc) is 3.14. The zero-order chi connectivity index (χ0) is 35.8. The SMILES string of the molecule is O=C(NS(=O)(=O)c1ccc(NCCSc2ccccc2)c([N+](=O)[O-])c1)c1ccc(N2CCN(Cc3cccnc3-c3ccc(Cl)cc3)CC2)cc1. The Bertz CT molecular complexity index is 2100. The number of halogens is 1. The first-order valence-electron chi connectivity index (χ1n) is 16.2. The number of pyridine rings is 1. The number of nitro benzene ring substituents is 1. The third-order valence-electron chi connectivity index (χ3n) is 8.40. The number of anilines is 2. The first-order chi connectivity index (χ1) is 24.7. The monoisotopic (exact) mass is 742 g/mol. The molecule has 6 rings (SSSR count). The van der Waals surface area contributed by atoms with Crippen LogP contribution in [0.2, 0.25) is 5.02 Å². The third kappa shape index (κ3) is 9.24. The van der Waals surface area contributed by atoms with Crippen molar-refractivity contribution in [1.82, 2.24) is 14.6 Å². The maximum absolute atomic E-state index is 13.1. The molecule has 0 bridgehead atoms. The van der Waals surface area contributed by atoms with E-state index >= 15 is 0 Å². The van der Waals surface area contributed by atoms with Crippen LogP contribution in [0.25, 0.3) is 11.3 Å². The number of rotatable bonds is 13. The van der Waals surface area contributed by atoms with Crippen LogP contribution in [-0.4, -0.2) is 67.6 Å². The average molecular weight is 743 g/mol. The maximum atomic E-state index is 13.1. The number of nitrogens with one attached hydrogen (secondary N) is 2. The Hall–Kier alpha value is -4.95. The molecule has 0 aliphatic carbocycles. The van der Waals surface area contributed by atoms with Gasteiger partial charge in [0, 0.05) is 84.0 Å². The number of amides is 1. The fourth-order valence-electron chi connectivity index (χ4n) is 5.75. The van der Waals surface area contributed by atoms with Crippen LogP contribution >= 0.6 is 23.4 Å². The normalized spacial score (nSPS) is 13.5. The number of hydrogen-bond donors (Lipinski definition) is 2. The standard InChI is InChI=1S/C37H35ClN6O5S2/c38-30-12-8-27(9-13-30)36-29(5-4-18-40-36)26-42-20-22-43(23-21-42)31-14-10-28(11-15-31)37(45)41-51(48,49)33-16-17-34(35(25-33)44(46)47)39-19-24-50-32-6-2-1-3-7-32/h1-18,25,39H,19-24,26H2,(H,41,45). The van der Waals surface area contributed by atoms with Crippen molar-refractivity contribution in [2.45, 2.75) is 16.3 Å². The van der Waals surface area contributed by atoms with E-state index in [-0.39, 0.29) is 16.1 Å². The van der Waals surface area contributed by atoms with Crippen molar-refractivity contribution in [2.75, 3.05) is 48.7 Å². The molecule has 1 fully saturated rings. The van der Waals surface area contributed by atoms with Crippen molar-refractivity contribution in [3.63, 3.8) is 0 Å². The van der Waals surface area contributed by atoms with Crippen molar-refractivity contribution in [3.05, 3.63) is 142 Å². The Kier molecular flexibility index (Phi) is 11.5. The highest BCUT2D eigenvalue weighted by Gasteiger charge is 2.24. The van der Waals surface area contributed by atoms with Gasteiger partial charge in [0.1, 0.15) is 5.69 Å². The number of sulfonamides is 1. The topological polar surface area (TPSA) is 138 Å². The summed E-state index contributed by atoms with van der Waals surface area (Å²) in [6, 6.07) is 31.7. The number of nitro groups is 1. The van der Waals surface area contributed by atoms with Gasteiger partial charge in [0.25, 0.3) is 21.6 Å². The summed E-state index contributed by atoms with van der Waals surface area (Å²) in [6.45, 7) is 4.36. The van der Waals surface area contributed by atoms with Crippen LogP contribution in [0.4, 0.5) is 17.1 Å². The Morgan fingerprint density at radius 1 is 0.902 bits per heavy atom. The summed E-state index contributed by atoms with van der Waals surface area (Å²) < 4.78 is 28.3. The van der Waals surface area contributed by atoms with Crippen LogP contribution in [0.3, 0.4) is 0 Å². The van der Waals surface area contributed by atoms with Crippen molar-refractivity contribution >= 4 is 56.4 Å². The fourth-order valence-corrected chi connectivity index (χ4v) is 7.66. The molecule has 2 heterocycles. The van der Waals surface area contributed by atoms with E-state index in [4.69, 9.17) is 11.6 Å². The van der Waals surface area contributed by atoms with Crippen LogP contribution in [0.15, 0.2) is 125 Å². The number of nitrogens with zero attached hydrogens (tertiary/aromatic N) is 4. The summed E-state index contributed by atoms with van der Waals surface area (Å²) in [5.41, 5.74) is 3.94. The molecule has 1 saturated heterocycles. The van der Waals surface area contributed by atoms with Crippen molar-refractivity contribution in [1.29, 1.82) is 0 Å². The van der Waals surface area contributed by atoms with Gasteiger partial charge in [-0.15, -0.1) is 11.8 Å². The lowest BCUT2D eigenvalue weighted by molar-refractivity contribution is -0.384. The summed E-state index contributed by atoms with van der Waals surface area (Å²) in [5.74, 6) is -0.187. The summed E-state index contributed by atoms with van der Waals surface area (Å²) in [6.07, 6.45) is 1.79. The van der Waals surface area contributed by atoms with E-state index in [1.165, 1.54) is 12.1 Å². The molecule has 1 amide bonds. The molecule has 0 unspecified atom stereocenters.